The van der Waals surface area contributed by atoms with Gasteiger partial charge in [0.05, 0.1) is 0 Å². The molecule has 0 aliphatic carbocycles. The van der Waals surface area contributed by atoms with E-state index < -0.39 is 0 Å². The lowest BCUT2D eigenvalue weighted by Crippen LogP contribution is -2.13. The highest BCUT2D eigenvalue weighted by Gasteiger charge is 2.13. The maximum atomic E-state index is 12.1. The molecule has 1 amide bonds. The second-order valence-electron chi connectivity index (χ2n) is 5.79. The second kappa shape index (κ2) is 5.80. The van der Waals surface area contributed by atoms with E-state index in [1.807, 2.05) is 24.3 Å². The Kier molecular flexibility index (Phi) is 4.29. The van der Waals surface area contributed by atoms with Crippen LogP contribution in [-0.2, 0) is 5.41 Å². The first-order valence-corrected chi connectivity index (χ1v) is 7.33. The van der Waals surface area contributed by atoms with Crippen molar-refractivity contribution < 1.29 is 4.79 Å². The van der Waals surface area contributed by atoms with Crippen molar-refractivity contribution in [1.29, 1.82) is 0 Å². The van der Waals surface area contributed by atoms with Gasteiger partial charge in [-0.3, -0.25) is 4.79 Å². The number of nitrogens with one attached hydrogen (secondary N) is 1. The van der Waals surface area contributed by atoms with Crippen molar-refractivity contribution >= 4 is 27.5 Å². The predicted octanol–water partition coefficient (Wildman–Crippen LogP) is 5.00. The van der Waals surface area contributed by atoms with Crippen molar-refractivity contribution in [2.75, 3.05) is 5.32 Å². The summed E-state index contributed by atoms with van der Waals surface area (Å²) in [5.41, 5.74) is 2.83. The summed E-state index contributed by atoms with van der Waals surface area (Å²) in [5, 5.41) is 2.90. The lowest BCUT2D eigenvalue weighted by molar-refractivity contribution is 0.102. The Bertz CT molecular complexity index is 594. The van der Waals surface area contributed by atoms with Crippen LogP contribution in [-0.4, -0.2) is 5.91 Å². The predicted molar refractivity (Wildman–Crippen MR) is 87.2 cm³/mol. The maximum absolute atomic E-state index is 12.1. The molecule has 2 aromatic carbocycles. The summed E-state index contributed by atoms with van der Waals surface area (Å²) in [6.45, 7) is 6.51. The van der Waals surface area contributed by atoms with Crippen molar-refractivity contribution in [1.82, 2.24) is 0 Å². The van der Waals surface area contributed by atoms with Gasteiger partial charge in [-0.15, -0.1) is 0 Å². The van der Waals surface area contributed by atoms with Crippen LogP contribution in [0.15, 0.2) is 53.0 Å². The number of halogens is 1. The molecule has 0 aliphatic rings. The average Bonchev–Trinajstić information content (AvgIpc) is 2.39. The fourth-order valence-electron chi connectivity index (χ4n) is 1.86. The number of anilines is 1. The van der Waals surface area contributed by atoms with Crippen LogP contribution in [0.5, 0.6) is 0 Å². The van der Waals surface area contributed by atoms with Crippen LogP contribution < -0.4 is 5.32 Å². The van der Waals surface area contributed by atoms with Crippen LogP contribution in [0.3, 0.4) is 0 Å². The Balaban J connectivity index is 2.10. The largest absolute Gasteiger partial charge is 0.322 e. The number of hydrogen-bond donors (Lipinski definition) is 1. The minimum atomic E-state index is -0.0963. The van der Waals surface area contributed by atoms with Crippen LogP contribution in [0.4, 0.5) is 5.69 Å². The molecule has 0 aromatic heterocycles. The van der Waals surface area contributed by atoms with Crippen molar-refractivity contribution in [3.05, 3.63) is 64.1 Å². The minimum Gasteiger partial charge on any atom is -0.322 e. The van der Waals surface area contributed by atoms with Gasteiger partial charge in [-0.1, -0.05) is 48.8 Å². The molecule has 20 heavy (non-hydrogen) atoms. The van der Waals surface area contributed by atoms with E-state index in [0.29, 0.717) is 5.56 Å². The van der Waals surface area contributed by atoms with E-state index in [0.717, 1.165) is 10.2 Å². The molecule has 0 atom stereocenters. The molecule has 2 nitrogen and oxygen atoms in total. The summed E-state index contributed by atoms with van der Waals surface area (Å²) in [6.07, 6.45) is 0. The van der Waals surface area contributed by atoms with Gasteiger partial charge in [0.25, 0.3) is 5.91 Å². The molecular formula is C17H18BrNO. The van der Waals surface area contributed by atoms with E-state index in [2.05, 4.69) is 54.2 Å². The Labute approximate surface area is 128 Å². The van der Waals surface area contributed by atoms with Crippen LogP contribution in [0.1, 0.15) is 36.7 Å². The molecule has 3 heteroatoms. The number of carbonyl (C=O) groups excluding carboxylic acids is 1. The molecule has 0 unspecified atom stereocenters. The quantitative estimate of drug-likeness (QED) is 0.824. The molecule has 0 saturated heterocycles. The topological polar surface area (TPSA) is 29.1 Å². The summed E-state index contributed by atoms with van der Waals surface area (Å²) in [7, 11) is 0. The molecule has 0 aliphatic heterocycles. The van der Waals surface area contributed by atoms with Crippen molar-refractivity contribution in [3.63, 3.8) is 0 Å². The highest BCUT2D eigenvalue weighted by molar-refractivity contribution is 9.10. The fourth-order valence-corrected chi connectivity index (χ4v) is 2.12. The normalized spacial score (nSPS) is 11.2. The van der Waals surface area contributed by atoms with E-state index in [4.69, 9.17) is 0 Å². The number of rotatable bonds is 2. The Morgan fingerprint density at radius 1 is 0.950 bits per heavy atom. The molecule has 2 aromatic rings. The Morgan fingerprint density at radius 3 is 2.00 bits per heavy atom. The van der Waals surface area contributed by atoms with E-state index in [1.165, 1.54) is 5.56 Å². The average molecular weight is 332 g/mol. The van der Waals surface area contributed by atoms with E-state index in [-0.39, 0.29) is 11.3 Å². The highest BCUT2D eigenvalue weighted by Crippen LogP contribution is 2.23. The van der Waals surface area contributed by atoms with Crippen LogP contribution in [0.25, 0.3) is 0 Å². The van der Waals surface area contributed by atoms with Gasteiger partial charge in [0.15, 0.2) is 0 Å². The van der Waals surface area contributed by atoms with Crippen LogP contribution >= 0.6 is 15.9 Å². The van der Waals surface area contributed by atoms with Crippen molar-refractivity contribution in [3.8, 4) is 0 Å². The SMILES string of the molecule is CC(C)(C)c1ccc(NC(=O)c2ccc(Br)cc2)cc1. The maximum Gasteiger partial charge on any atom is 0.255 e. The summed E-state index contributed by atoms with van der Waals surface area (Å²) in [4.78, 5) is 12.1. The fraction of sp³-hybridized carbons (Fsp3) is 0.235. The van der Waals surface area contributed by atoms with Gasteiger partial charge in [0.2, 0.25) is 0 Å². The van der Waals surface area contributed by atoms with Gasteiger partial charge >= 0.3 is 0 Å². The van der Waals surface area contributed by atoms with E-state index >= 15 is 0 Å². The van der Waals surface area contributed by atoms with Crippen LogP contribution in [0.2, 0.25) is 0 Å². The molecule has 0 bridgehead atoms. The Hall–Kier alpha value is -1.61. The number of amides is 1. The molecule has 1 N–H and O–H groups in total. The molecule has 0 spiro atoms. The monoisotopic (exact) mass is 331 g/mol. The molecule has 0 saturated carbocycles. The zero-order valence-electron chi connectivity index (χ0n) is 11.9. The zero-order chi connectivity index (χ0) is 14.8. The third-order valence-corrected chi connectivity index (χ3v) is 3.64. The Morgan fingerprint density at radius 2 is 1.50 bits per heavy atom. The minimum absolute atomic E-state index is 0.0963. The van der Waals surface area contributed by atoms with Gasteiger partial charge in [-0.2, -0.15) is 0 Å². The summed E-state index contributed by atoms with van der Waals surface area (Å²) in [6, 6.07) is 15.3. The van der Waals surface area contributed by atoms with Gasteiger partial charge < -0.3 is 5.32 Å². The zero-order valence-corrected chi connectivity index (χ0v) is 13.5. The number of hydrogen-bond acceptors (Lipinski definition) is 1. The lowest BCUT2D eigenvalue weighted by atomic mass is 9.87. The molecule has 104 valence electrons. The van der Waals surface area contributed by atoms with Crippen molar-refractivity contribution in [2.45, 2.75) is 26.2 Å². The summed E-state index contributed by atoms with van der Waals surface area (Å²) >= 11 is 3.36. The second-order valence-corrected chi connectivity index (χ2v) is 6.70. The standard InChI is InChI=1S/C17H18BrNO/c1-17(2,3)13-6-10-15(11-7-13)19-16(20)12-4-8-14(18)9-5-12/h4-11H,1-3H3,(H,19,20). The van der Waals surface area contributed by atoms with Gasteiger partial charge in [0, 0.05) is 15.7 Å². The highest BCUT2D eigenvalue weighted by atomic mass is 79.9. The molecular weight excluding hydrogens is 314 g/mol. The van der Waals surface area contributed by atoms with Crippen LogP contribution in [0, 0.1) is 0 Å². The smallest absolute Gasteiger partial charge is 0.255 e. The third kappa shape index (κ3) is 3.70. The first-order valence-electron chi connectivity index (χ1n) is 6.54. The first kappa shape index (κ1) is 14.8. The summed E-state index contributed by atoms with van der Waals surface area (Å²) < 4.78 is 0.962. The molecule has 0 fully saturated rings. The van der Waals surface area contributed by atoms with E-state index in [9.17, 15) is 4.79 Å². The van der Waals surface area contributed by atoms with Crippen molar-refractivity contribution in [2.24, 2.45) is 0 Å². The number of benzene rings is 2. The first-order chi connectivity index (χ1) is 9.36. The van der Waals surface area contributed by atoms with Gasteiger partial charge in [-0.25, -0.2) is 0 Å². The van der Waals surface area contributed by atoms with Gasteiger partial charge in [0.1, 0.15) is 0 Å². The lowest BCUT2D eigenvalue weighted by Gasteiger charge is -2.19. The number of carbonyl (C=O) groups is 1. The summed E-state index contributed by atoms with van der Waals surface area (Å²) in [5.74, 6) is -0.0963. The third-order valence-electron chi connectivity index (χ3n) is 3.12. The van der Waals surface area contributed by atoms with Gasteiger partial charge in [-0.05, 0) is 47.4 Å². The van der Waals surface area contributed by atoms with E-state index in [1.54, 1.807) is 12.1 Å². The molecule has 0 radical (unpaired) electrons. The molecule has 2 rings (SSSR count). The molecule has 0 heterocycles.